The summed E-state index contributed by atoms with van der Waals surface area (Å²) in [6.45, 7) is 1.21. The number of terminal acetylenes is 1. The Kier molecular flexibility index (Phi) is 5.28. The molecule has 0 aromatic heterocycles. The molecule has 2 atom stereocenters. The average molecular weight is 309 g/mol. The highest BCUT2D eigenvalue weighted by Crippen LogP contribution is 2.32. The largest absolute Gasteiger partial charge is 0.416 e. The molecule has 1 heterocycles. The van der Waals surface area contributed by atoms with Gasteiger partial charge >= 0.3 is 6.18 Å². The van der Waals surface area contributed by atoms with Crippen molar-refractivity contribution in [3.8, 4) is 12.3 Å². The van der Waals surface area contributed by atoms with E-state index in [1.165, 1.54) is 12.1 Å². The van der Waals surface area contributed by atoms with Gasteiger partial charge in [-0.1, -0.05) is 30.2 Å². The number of hydrogen-bond donors (Lipinski definition) is 0. The second-order valence-electron chi connectivity index (χ2n) is 5.39. The Morgan fingerprint density at radius 3 is 2.82 bits per heavy atom. The van der Waals surface area contributed by atoms with E-state index in [1.807, 2.05) is 18.0 Å². The Hall–Kier alpha value is -1.77. The maximum atomic E-state index is 12.7. The Morgan fingerprint density at radius 2 is 2.23 bits per heavy atom. The number of alkyl halides is 3. The molecule has 2 nitrogen and oxygen atoms in total. The molecule has 1 aromatic carbocycles. The molecule has 5 heteroatoms. The number of allylic oxidation sites excluding steroid dienone is 1. The predicted molar refractivity (Wildman–Crippen MR) is 79.0 cm³/mol. The minimum atomic E-state index is -4.30. The van der Waals surface area contributed by atoms with Gasteiger partial charge in [0.05, 0.1) is 12.2 Å². The van der Waals surface area contributed by atoms with Crippen molar-refractivity contribution >= 4 is 0 Å². The van der Waals surface area contributed by atoms with Crippen LogP contribution in [0.4, 0.5) is 13.2 Å². The van der Waals surface area contributed by atoms with Gasteiger partial charge in [-0.25, -0.2) is 0 Å². The first-order valence-corrected chi connectivity index (χ1v) is 7.01. The van der Waals surface area contributed by atoms with Gasteiger partial charge in [0.25, 0.3) is 0 Å². The Morgan fingerprint density at radius 1 is 1.45 bits per heavy atom. The lowest BCUT2D eigenvalue weighted by Gasteiger charge is -2.42. The van der Waals surface area contributed by atoms with Gasteiger partial charge in [-0.3, -0.25) is 4.90 Å². The van der Waals surface area contributed by atoms with E-state index in [4.69, 9.17) is 11.2 Å². The molecule has 1 aliphatic heterocycles. The summed E-state index contributed by atoms with van der Waals surface area (Å²) in [4.78, 5) is 2.00. The molecular weight excluding hydrogens is 291 g/mol. The van der Waals surface area contributed by atoms with E-state index in [1.54, 1.807) is 12.1 Å². The van der Waals surface area contributed by atoms with Crippen LogP contribution in [0.5, 0.6) is 0 Å². The van der Waals surface area contributed by atoms with Crippen molar-refractivity contribution in [3.63, 3.8) is 0 Å². The zero-order valence-corrected chi connectivity index (χ0v) is 12.3. The van der Waals surface area contributed by atoms with Gasteiger partial charge in [-0.2, -0.15) is 13.2 Å². The third kappa shape index (κ3) is 4.12. The molecule has 1 aliphatic rings. The lowest BCUT2D eigenvalue weighted by molar-refractivity contribution is -0.184. The fourth-order valence-corrected chi connectivity index (χ4v) is 2.53. The zero-order valence-electron chi connectivity index (χ0n) is 12.3. The molecule has 2 unspecified atom stereocenters. The van der Waals surface area contributed by atoms with Crippen LogP contribution in [0.1, 0.15) is 11.1 Å². The molecule has 0 aliphatic carbocycles. The molecule has 2 rings (SSSR count). The number of rotatable bonds is 5. The summed E-state index contributed by atoms with van der Waals surface area (Å²) < 4.78 is 43.7. The fraction of sp³-hybridized carbons (Fsp3) is 0.412. The smallest absolute Gasteiger partial charge is 0.362 e. The molecule has 1 aromatic rings. The number of hydrogen-bond acceptors (Lipinski definition) is 2. The van der Waals surface area contributed by atoms with Gasteiger partial charge in [-0.05, 0) is 31.2 Å². The van der Waals surface area contributed by atoms with Crippen LogP contribution in [0.15, 0.2) is 36.4 Å². The van der Waals surface area contributed by atoms with Gasteiger partial charge in [0.1, 0.15) is 6.23 Å². The van der Waals surface area contributed by atoms with Crippen LogP contribution in [0.3, 0.4) is 0 Å². The molecule has 118 valence electrons. The molecule has 22 heavy (non-hydrogen) atoms. The normalized spacial score (nSPS) is 21.8. The highest BCUT2D eigenvalue weighted by atomic mass is 19.4. The molecule has 0 N–H and O–H groups in total. The van der Waals surface area contributed by atoms with Crippen molar-refractivity contribution in [2.45, 2.75) is 18.8 Å². The van der Waals surface area contributed by atoms with E-state index >= 15 is 0 Å². The van der Waals surface area contributed by atoms with E-state index in [9.17, 15) is 13.2 Å². The molecule has 1 saturated heterocycles. The quantitative estimate of drug-likeness (QED) is 0.774. The van der Waals surface area contributed by atoms with Crippen LogP contribution in [0, 0.1) is 18.3 Å². The first kappa shape index (κ1) is 16.6. The van der Waals surface area contributed by atoms with Crippen molar-refractivity contribution in [1.29, 1.82) is 0 Å². The molecule has 0 saturated carbocycles. The summed E-state index contributed by atoms with van der Waals surface area (Å²) in [7, 11) is 1.91. The number of likely N-dealkylation sites (N-methyl/N-ethyl adjacent to an activating group) is 1. The number of ether oxygens (including phenoxy) is 1. The molecule has 0 amide bonds. The van der Waals surface area contributed by atoms with E-state index in [2.05, 4.69) is 5.92 Å². The minimum absolute atomic E-state index is 0.0861. The van der Waals surface area contributed by atoms with Crippen molar-refractivity contribution in [3.05, 3.63) is 47.5 Å². The van der Waals surface area contributed by atoms with Crippen LogP contribution in [0.25, 0.3) is 0 Å². The van der Waals surface area contributed by atoms with Gasteiger partial charge in [0.2, 0.25) is 0 Å². The summed E-state index contributed by atoms with van der Waals surface area (Å²) in [6, 6.07) is 5.48. The topological polar surface area (TPSA) is 12.5 Å². The highest BCUT2D eigenvalue weighted by molar-refractivity contribution is 5.26. The second kappa shape index (κ2) is 6.99. The van der Waals surface area contributed by atoms with Crippen LogP contribution < -0.4 is 0 Å². The molecule has 0 spiro atoms. The maximum Gasteiger partial charge on any atom is 0.416 e. The summed E-state index contributed by atoms with van der Waals surface area (Å²) in [5, 5.41) is 0. The number of benzene rings is 1. The van der Waals surface area contributed by atoms with Crippen LogP contribution in [-0.2, 0) is 17.3 Å². The van der Waals surface area contributed by atoms with Crippen molar-refractivity contribution < 1.29 is 17.9 Å². The molecular formula is C17H18F3NO. The van der Waals surface area contributed by atoms with E-state index < -0.39 is 11.7 Å². The summed E-state index contributed by atoms with van der Waals surface area (Å²) in [5.74, 6) is 2.60. The lowest BCUT2D eigenvalue weighted by atomic mass is 9.93. The van der Waals surface area contributed by atoms with Crippen LogP contribution in [-0.4, -0.2) is 31.3 Å². The second-order valence-corrected chi connectivity index (χ2v) is 5.39. The average Bonchev–Trinajstić information content (AvgIpc) is 2.43. The Labute approximate surface area is 128 Å². The standard InChI is InChI=1S/C17H18F3NO/c1-3-4-5-9-21(2)16-14(12-22-16)10-13-7-6-8-15(11-13)17(18,19)20/h1,4-8,11,14,16H,9-10,12H2,2H3/b5-4-. The first-order valence-electron chi connectivity index (χ1n) is 7.01. The third-order valence-corrected chi connectivity index (χ3v) is 3.68. The summed E-state index contributed by atoms with van der Waals surface area (Å²) in [6.07, 6.45) is 4.79. The summed E-state index contributed by atoms with van der Waals surface area (Å²) >= 11 is 0. The minimum Gasteiger partial charge on any atom is -0.362 e. The van der Waals surface area contributed by atoms with Gasteiger partial charge in [0, 0.05) is 12.5 Å². The van der Waals surface area contributed by atoms with E-state index in [-0.39, 0.29) is 12.1 Å². The highest BCUT2D eigenvalue weighted by Gasteiger charge is 2.35. The first-order chi connectivity index (χ1) is 10.4. The Balaban J connectivity index is 1.97. The monoisotopic (exact) mass is 309 g/mol. The van der Waals surface area contributed by atoms with Gasteiger partial charge in [0.15, 0.2) is 0 Å². The molecule has 0 bridgehead atoms. The lowest BCUT2D eigenvalue weighted by Crippen LogP contribution is -2.51. The third-order valence-electron chi connectivity index (χ3n) is 3.68. The van der Waals surface area contributed by atoms with E-state index in [0.29, 0.717) is 25.1 Å². The molecule has 0 radical (unpaired) electrons. The summed E-state index contributed by atoms with van der Waals surface area (Å²) in [5.41, 5.74) is 0.0767. The van der Waals surface area contributed by atoms with Gasteiger partial charge in [-0.15, -0.1) is 6.42 Å². The predicted octanol–water partition coefficient (Wildman–Crippen LogP) is 3.34. The maximum absolute atomic E-state index is 12.7. The Bertz CT molecular complexity index is 574. The number of halogens is 3. The SMILES string of the molecule is C#C/C=C\CN(C)C1OCC1Cc1cccc(C(F)(F)F)c1. The van der Waals surface area contributed by atoms with E-state index in [0.717, 1.165) is 6.07 Å². The fourth-order valence-electron chi connectivity index (χ4n) is 2.53. The zero-order chi connectivity index (χ0) is 16.2. The van der Waals surface area contributed by atoms with Crippen molar-refractivity contribution in [2.24, 2.45) is 5.92 Å². The molecule has 1 fully saturated rings. The number of nitrogens with zero attached hydrogens (tertiary/aromatic N) is 1. The van der Waals surface area contributed by atoms with Crippen molar-refractivity contribution in [2.75, 3.05) is 20.2 Å². The van der Waals surface area contributed by atoms with Crippen molar-refractivity contribution in [1.82, 2.24) is 4.90 Å². The van der Waals surface area contributed by atoms with Gasteiger partial charge < -0.3 is 4.74 Å². The van der Waals surface area contributed by atoms with Crippen LogP contribution in [0.2, 0.25) is 0 Å². The van der Waals surface area contributed by atoms with Crippen LogP contribution >= 0.6 is 0 Å².